The maximum absolute atomic E-state index is 11.5. The molecule has 0 bridgehead atoms. The van der Waals surface area contributed by atoms with Crippen molar-refractivity contribution in [3.05, 3.63) is 29.3 Å². The van der Waals surface area contributed by atoms with Crippen LogP contribution in [0.25, 0.3) is 0 Å². The molecule has 1 aromatic carbocycles. The molecule has 0 amide bonds. The summed E-state index contributed by atoms with van der Waals surface area (Å²) in [6, 6.07) is 5.82. The summed E-state index contributed by atoms with van der Waals surface area (Å²) >= 11 is 0. The fraction of sp³-hybridized carbons (Fsp3) is 0.462. The zero-order valence-electron chi connectivity index (χ0n) is 10.7. The molecule has 4 nitrogen and oxygen atoms in total. The number of esters is 1. The topological polar surface area (TPSA) is 47.6 Å². The number of benzene rings is 1. The zero-order chi connectivity index (χ0) is 12.8. The molecule has 0 aromatic heterocycles. The van der Waals surface area contributed by atoms with Crippen LogP contribution in [0.1, 0.15) is 22.8 Å². The Kier molecular flexibility index (Phi) is 4.97. The highest BCUT2D eigenvalue weighted by molar-refractivity contribution is 5.92. The first-order chi connectivity index (χ1) is 8.08. The lowest BCUT2D eigenvalue weighted by Gasteiger charge is -2.15. The largest absolute Gasteiger partial charge is 0.465 e. The van der Waals surface area contributed by atoms with Crippen LogP contribution in [-0.2, 0) is 9.47 Å². The van der Waals surface area contributed by atoms with Crippen LogP contribution >= 0.6 is 0 Å². The predicted molar refractivity (Wildman–Crippen MR) is 67.5 cm³/mol. The van der Waals surface area contributed by atoms with Gasteiger partial charge in [-0.25, -0.2) is 4.79 Å². The van der Waals surface area contributed by atoms with Crippen LogP contribution in [0.3, 0.4) is 0 Å². The van der Waals surface area contributed by atoms with E-state index in [9.17, 15) is 4.79 Å². The lowest BCUT2D eigenvalue weighted by molar-refractivity contribution is 0.0600. The molecule has 4 heteroatoms. The molecule has 0 spiro atoms. The quantitative estimate of drug-likeness (QED) is 0.798. The SMILES string of the molecule is COCC(C)Nc1ccc(C)c(C(=O)OC)c1. The molecule has 0 saturated carbocycles. The lowest BCUT2D eigenvalue weighted by Crippen LogP contribution is -2.21. The summed E-state index contributed by atoms with van der Waals surface area (Å²) in [4.78, 5) is 11.5. The molecule has 1 N–H and O–H groups in total. The van der Waals surface area contributed by atoms with Gasteiger partial charge in [-0.05, 0) is 31.5 Å². The van der Waals surface area contributed by atoms with E-state index in [4.69, 9.17) is 9.47 Å². The number of ether oxygens (including phenoxy) is 2. The van der Waals surface area contributed by atoms with Crippen LogP contribution in [0, 0.1) is 6.92 Å². The van der Waals surface area contributed by atoms with E-state index in [1.165, 1.54) is 7.11 Å². The maximum Gasteiger partial charge on any atom is 0.338 e. The van der Waals surface area contributed by atoms with Crippen molar-refractivity contribution in [1.82, 2.24) is 0 Å². The number of rotatable bonds is 5. The van der Waals surface area contributed by atoms with Gasteiger partial charge in [-0.3, -0.25) is 0 Å². The zero-order valence-corrected chi connectivity index (χ0v) is 10.7. The molecule has 1 aromatic rings. The number of aryl methyl sites for hydroxylation is 1. The molecular weight excluding hydrogens is 218 g/mol. The number of hydrogen-bond donors (Lipinski definition) is 1. The van der Waals surface area contributed by atoms with Gasteiger partial charge >= 0.3 is 5.97 Å². The molecule has 0 aliphatic carbocycles. The normalized spacial score (nSPS) is 12.0. The standard InChI is InChI=1S/C13H19NO3/c1-9-5-6-11(14-10(2)8-16-3)7-12(9)13(15)17-4/h5-7,10,14H,8H2,1-4H3. The summed E-state index contributed by atoms with van der Waals surface area (Å²) in [6.45, 7) is 4.51. The van der Waals surface area contributed by atoms with Crippen LogP contribution in [0.15, 0.2) is 18.2 Å². The second-order valence-electron chi connectivity index (χ2n) is 4.02. The second-order valence-corrected chi connectivity index (χ2v) is 4.02. The van der Waals surface area contributed by atoms with Gasteiger partial charge in [0.2, 0.25) is 0 Å². The Labute approximate surface area is 102 Å². The lowest BCUT2D eigenvalue weighted by atomic mass is 10.1. The predicted octanol–water partition coefficient (Wildman–Crippen LogP) is 2.23. The Morgan fingerprint density at radius 2 is 2.12 bits per heavy atom. The van der Waals surface area contributed by atoms with Crippen molar-refractivity contribution in [3.8, 4) is 0 Å². The molecule has 0 radical (unpaired) electrons. The minimum absolute atomic E-state index is 0.188. The highest BCUT2D eigenvalue weighted by Gasteiger charge is 2.10. The van der Waals surface area contributed by atoms with Crippen LogP contribution in [0.4, 0.5) is 5.69 Å². The van der Waals surface area contributed by atoms with Crippen molar-refractivity contribution >= 4 is 11.7 Å². The van der Waals surface area contributed by atoms with Gasteiger partial charge in [0.15, 0.2) is 0 Å². The van der Waals surface area contributed by atoms with Crippen LogP contribution < -0.4 is 5.32 Å². The number of nitrogens with one attached hydrogen (secondary N) is 1. The summed E-state index contributed by atoms with van der Waals surface area (Å²) in [5.74, 6) is -0.314. The van der Waals surface area contributed by atoms with Gasteiger partial charge in [0.1, 0.15) is 0 Å². The van der Waals surface area contributed by atoms with E-state index in [0.29, 0.717) is 12.2 Å². The van der Waals surface area contributed by atoms with Gasteiger partial charge in [0.05, 0.1) is 19.3 Å². The summed E-state index contributed by atoms with van der Waals surface area (Å²) in [7, 11) is 3.04. The smallest absolute Gasteiger partial charge is 0.338 e. The molecule has 94 valence electrons. The van der Waals surface area contributed by atoms with Crippen molar-refractivity contribution in [2.45, 2.75) is 19.9 Å². The van der Waals surface area contributed by atoms with E-state index in [0.717, 1.165) is 11.3 Å². The third kappa shape index (κ3) is 3.75. The molecule has 0 aliphatic heterocycles. The number of methoxy groups -OCH3 is 2. The molecule has 0 heterocycles. The first-order valence-corrected chi connectivity index (χ1v) is 5.53. The number of hydrogen-bond acceptors (Lipinski definition) is 4. The Balaban J connectivity index is 2.85. The third-order valence-electron chi connectivity index (χ3n) is 2.47. The monoisotopic (exact) mass is 237 g/mol. The summed E-state index contributed by atoms with van der Waals surface area (Å²) in [5, 5.41) is 3.26. The fourth-order valence-electron chi connectivity index (χ4n) is 1.62. The maximum atomic E-state index is 11.5. The van der Waals surface area contributed by atoms with E-state index >= 15 is 0 Å². The van der Waals surface area contributed by atoms with E-state index in [1.54, 1.807) is 13.2 Å². The highest BCUT2D eigenvalue weighted by atomic mass is 16.5. The first kappa shape index (κ1) is 13.5. The molecule has 0 aliphatic rings. The highest BCUT2D eigenvalue weighted by Crippen LogP contribution is 2.17. The average molecular weight is 237 g/mol. The minimum atomic E-state index is -0.314. The van der Waals surface area contributed by atoms with Gasteiger partial charge in [-0.1, -0.05) is 6.07 Å². The summed E-state index contributed by atoms with van der Waals surface area (Å²) < 4.78 is 9.78. The number of carbonyl (C=O) groups is 1. The van der Waals surface area contributed by atoms with Crippen LogP contribution in [0.5, 0.6) is 0 Å². The van der Waals surface area contributed by atoms with E-state index < -0.39 is 0 Å². The molecule has 0 saturated heterocycles. The van der Waals surface area contributed by atoms with Gasteiger partial charge in [-0.15, -0.1) is 0 Å². The molecular formula is C13H19NO3. The number of carbonyl (C=O) groups excluding carboxylic acids is 1. The molecule has 1 unspecified atom stereocenters. The van der Waals surface area contributed by atoms with Gasteiger partial charge < -0.3 is 14.8 Å². The van der Waals surface area contributed by atoms with Crippen molar-refractivity contribution in [3.63, 3.8) is 0 Å². The Bertz CT molecular complexity index is 390. The fourth-order valence-corrected chi connectivity index (χ4v) is 1.62. The minimum Gasteiger partial charge on any atom is -0.465 e. The number of anilines is 1. The Morgan fingerprint density at radius 1 is 1.41 bits per heavy atom. The summed E-state index contributed by atoms with van der Waals surface area (Å²) in [5.41, 5.74) is 2.38. The van der Waals surface area contributed by atoms with Gasteiger partial charge in [0, 0.05) is 18.8 Å². The molecule has 17 heavy (non-hydrogen) atoms. The molecule has 1 rings (SSSR count). The van der Waals surface area contributed by atoms with Gasteiger partial charge in [0.25, 0.3) is 0 Å². The Morgan fingerprint density at radius 3 is 2.71 bits per heavy atom. The van der Waals surface area contributed by atoms with Crippen LogP contribution in [0.2, 0.25) is 0 Å². The van der Waals surface area contributed by atoms with Crippen LogP contribution in [-0.4, -0.2) is 32.8 Å². The van der Waals surface area contributed by atoms with Crippen molar-refractivity contribution < 1.29 is 14.3 Å². The van der Waals surface area contributed by atoms with Crippen molar-refractivity contribution in [1.29, 1.82) is 0 Å². The van der Waals surface area contributed by atoms with Crippen molar-refractivity contribution in [2.24, 2.45) is 0 Å². The van der Waals surface area contributed by atoms with E-state index in [2.05, 4.69) is 5.32 Å². The van der Waals surface area contributed by atoms with Crippen molar-refractivity contribution in [2.75, 3.05) is 26.1 Å². The van der Waals surface area contributed by atoms with E-state index in [1.807, 2.05) is 26.0 Å². The molecule has 1 atom stereocenters. The first-order valence-electron chi connectivity index (χ1n) is 5.53. The average Bonchev–Trinajstić information content (AvgIpc) is 2.31. The van der Waals surface area contributed by atoms with Gasteiger partial charge in [-0.2, -0.15) is 0 Å². The Hall–Kier alpha value is -1.55. The molecule has 0 fully saturated rings. The third-order valence-corrected chi connectivity index (χ3v) is 2.47. The summed E-state index contributed by atoms with van der Waals surface area (Å²) in [6.07, 6.45) is 0. The second kappa shape index (κ2) is 6.25. The van der Waals surface area contributed by atoms with E-state index in [-0.39, 0.29) is 12.0 Å².